The molecule has 1 aromatic carbocycles. The van der Waals surface area contributed by atoms with Crippen LogP contribution in [0.25, 0.3) is 0 Å². The highest BCUT2D eigenvalue weighted by molar-refractivity contribution is 5.94. The van der Waals surface area contributed by atoms with Gasteiger partial charge in [0.15, 0.2) is 0 Å². The molecule has 1 aliphatic carbocycles. The molecule has 1 aromatic heterocycles. The van der Waals surface area contributed by atoms with E-state index >= 15 is 0 Å². The van der Waals surface area contributed by atoms with E-state index in [2.05, 4.69) is 9.88 Å². The lowest BCUT2D eigenvalue weighted by molar-refractivity contribution is 0.0523. The van der Waals surface area contributed by atoms with E-state index in [9.17, 15) is 4.79 Å². The molecule has 5 heteroatoms. The molecule has 0 atom stereocenters. The van der Waals surface area contributed by atoms with Gasteiger partial charge in [0, 0.05) is 50.0 Å². The quantitative estimate of drug-likeness (QED) is 0.823. The normalized spacial score (nSPS) is 19.0. The topological polar surface area (TPSA) is 45.7 Å². The predicted molar refractivity (Wildman–Crippen MR) is 105 cm³/mol. The predicted octanol–water partition coefficient (Wildman–Crippen LogP) is 3.96. The van der Waals surface area contributed by atoms with Crippen LogP contribution in [0.15, 0.2) is 48.7 Å². The molecule has 0 spiro atoms. The monoisotopic (exact) mass is 365 g/mol. The van der Waals surface area contributed by atoms with Crippen LogP contribution in [0.1, 0.15) is 42.5 Å². The van der Waals surface area contributed by atoms with Crippen LogP contribution in [0.4, 0.5) is 0 Å². The average Bonchev–Trinajstić information content (AvgIpc) is 2.75. The third kappa shape index (κ3) is 4.48. The third-order valence-electron chi connectivity index (χ3n) is 5.63. The number of hydrogen-bond acceptors (Lipinski definition) is 4. The third-order valence-corrected chi connectivity index (χ3v) is 5.63. The number of hydrogen-bond donors (Lipinski definition) is 0. The molecule has 27 heavy (non-hydrogen) atoms. The van der Waals surface area contributed by atoms with Gasteiger partial charge in [-0.1, -0.05) is 31.4 Å². The summed E-state index contributed by atoms with van der Waals surface area (Å²) >= 11 is 0. The van der Waals surface area contributed by atoms with Crippen molar-refractivity contribution in [2.45, 2.75) is 38.1 Å². The number of carbonyl (C=O) groups excluding carboxylic acids is 1. The summed E-state index contributed by atoms with van der Waals surface area (Å²) in [6.07, 6.45) is 8.42. The first-order valence-electron chi connectivity index (χ1n) is 10.0. The smallest absolute Gasteiger partial charge is 0.254 e. The van der Waals surface area contributed by atoms with E-state index in [1.165, 1.54) is 32.1 Å². The van der Waals surface area contributed by atoms with Gasteiger partial charge in [-0.25, -0.2) is 4.98 Å². The summed E-state index contributed by atoms with van der Waals surface area (Å²) in [6, 6.07) is 13.6. The van der Waals surface area contributed by atoms with Crippen LogP contribution >= 0.6 is 0 Å². The molecular formula is C22H27N3O2. The van der Waals surface area contributed by atoms with Crippen molar-refractivity contribution in [1.29, 1.82) is 0 Å². The number of ether oxygens (including phenoxy) is 1. The van der Waals surface area contributed by atoms with E-state index in [0.29, 0.717) is 17.2 Å². The minimum atomic E-state index is 0.0877. The summed E-state index contributed by atoms with van der Waals surface area (Å²) in [5.41, 5.74) is 0.676. The average molecular weight is 365 g/mol. The number of pyridine rings is 1. The molecular weight excluding hydrogens is 338 g/mol. The second kappa shape index (κ2) is 8.53. The standard InChI is InChI=1S/C22H27N3O2/c26-22(25-15-13-24(14-16-25)19-8-2-1-3-9-19)18-7-6-10-20(17-18)27-21-11-4-5-12-23-21/h4-7,10-12,17,19H,1-3,8-9,13-16H2. The van der Waals surface area contributed by atoms with E-state index in [0.717, 1.165) is 32.2 Å². The summed E-state index contributed by atoms with van der Waals surface area (Å²) in [5, 5.41) is 0. The van der Waals surface area contributed by atoms with Crippen molar-refractivity contribution in [3.05, 3.63) is 54.2 Å². The van der Waals surface area contributed by atoms with Gasteiger partial charge < -0.3 is 9.64 Å². The molecule has 4 rings (SSSR count). The molecule has 0 N–H and O–H groups in total. The van der Waals surface area contributed by atoms with Crippen molar-refractivity contribution in [1.82, 2.24) is 14.8 Å². The summed E-state index contributed by atoms with van der Waals surface area (Å²) in [5.74, 6) is 1.26. The van der Waals surface area contributed by atoms with Gasteiger partial charge in [0.25, 0.3) is 5.91 Å². The maximum absolute atomic E-state index is 12.9. The van der Waals surface area contributed by atoms with Gasteiger partial charge in [0.1, 0.15) is 5.75 Å². The molecule has 0 unspecified atom stereocenters. The van der Waals surface area contributed by atoms with Crippen LogP contribution in [0.2, 0.25) is 0 Å². The minimum absolute atomic E-state index is 0.0877. The van der Waals surface area contributed by atoms with Crippen LogP contribution in [-0.4, -0.2) is 52.9 Å². The number of nitrogens with zero attached hydrogens (tertiary/aromatic N) is 3. The number of carbonyl (C=O) groups is 1. The maximum atomic E-state index is 12.9. The lowest BCUT2D eigenvalue weighted by Gasteiger charge is -2.40. The molecule has 2 heterocycles. The van der Waals surface area contributed by atoms with Gasteiger partial charge in [0.2, 0.25) is 5.88 Å². The Morgan fingerprint density at radius 2 is 1.78 bits per heavy atom. The van der Waals surface area contributed by atoms with Crippen molar-refractivity contribution < 1.29 is 9.53 Å². The van der Waals surface area contributed by atoms with Crippen molar-refractivity contribution in [2.75, 3.05) is 26.2 Å². The van der Waals surface area contributed by atoms with E-state index in [-0.39, 0.29) is 5.91 Å². The first-order chi connectivity index (χ1) is 13.3. The van der Waals surface area contributed by atoms with Gasteiger partial charge in [-0.2, -0.15) is 0 Å². The summed E-state index contributed by atoms with van der Waals surface area (Å²) in [7, 11) is 0. The molecule has 0 bridgehead atoms. The Morgan fingerprint density at radius 3 is 2.52 bits per heavy atom. The molecule has 142 valence electrons. The maximum Gasteiger partial charge on any atom is 0.254 e. The first kappa shape index (κ1) is 18.0. The Hall–Kier alpha value is -2.40. The second-order valence-corrected chi connectivity index (χ2v) is 7.42. The first-order valence-corrected chi connectivity index (χ1v) is 10.0. The Labute approximate surface area is 161 Å². The second-order valence-electron chi connectivity index (χ2n) is 7.42. The van der Waals surface area contributed by atoms with Crippen molar-refractivity contribution in [3.63, 3.8) is 0 Å². The van der Waals surface area contributed by atoms with Gasteiger partial charge in [-0.3, -0.25) is 9.69 Å². The minimum Gasteiger partial charge on any atom is -0.439 e. The SMILES string of the molecule is O=C(c1cccc(Oc2ccccn2)c1)N1CCN(C2CCCCC2)CC1. The highest BCUT2D eigenvalue weighted by Crippen LogP contribution is 2.25. The molecule has 1 saturated carbocycles. The van der Waals surface area contributed by atoms with Crippen molar-refractivity contribution in [2.24, 2.45) is 0 Å². The number of rotatable bonds is 4. The molecule has 2 fully saturated rings. The Bertz CT molecular complexity index is 751. The molecule has 1 saturated heterocycles. The zero-order valence-corrected chi connectivity index (χ0v) is 15.7. The van der Waals surface area contributed by atoms with Crippen LogP contribution in [0.5, 0.6) is 11.6 Å². The summed E-state index contributed by atoms with van der Waals surface area (Å²) < 4.78 is 5.76. The van der Waals surface area contributed by atoms with Gasteiger partial charge in [0.05, 0.1) is 0 Å². The molecule has 5 nitrogen and oxygen atoms in total. The van der Waals surface area contributed by atoms with Crippen LogP contribution < -0.4 is 4.74 Å². The Morgan fingerprint density at radius 1 is 0.963 bits per heavy atom. The van der Waals surface area contributed by atoms with Gasteiger partial charge in [-0.05, 0) is 37.1 Å². The number of benzene rings is 1. The van der Waals surface area contributed by atoms with E-state index in [1.807, 2.05) is 41.3 Å². The lowest BCUT2D eigenvalue weighted by Crippen LogP contribution is -2.52. The molecule has 1 aliphatic heterocycles. The lowest BCUT2D eigenvalue weighted by atomic mass is 9.94. The van der Waals surface area contributed by atoms with Crippen LogP contribution in [-0.2, 0) is 0 Å². The van der Waals surface area contributed by atoms with Crippen LogP contribution in [0, 0.1) is 0 Å². The fourth-order valence-electron chi connectivity index (χ4n) is 4.14. The van der Waals surface area contributed by atoms with Crippen molar-refractivity contribution >= 4 is 5.91 Å². The van der Waals surface area contributed by atoms with E-state index in [1.54, 1.807) is 12.3 Å². The van der Waals surface area contributed by atoms with Crippen LogP contribution in [0.3, 0.4) is 0 Å². The van der Waals surface area contributed by atoms with Gasteiger partial charge >= 0.3 is 0 Å². The zero-order chi connectivity index (χ0) is 18.5. The molecule has 2 aliphatic rings. The van der Waals surface area contributed by atoms with Crippen molar-refractivity contribution in [3.8, 4) is 11.6 Å². The molecule has 1 amide bonds. The zero-order valence-electron chi connectivity index (χ0n) is 15.7. The fraction of sp³-hybridized carbons (Fsp3) is 0.455. The van der Waals surface area contributed by atoms with E-state index < -0.39 is 0 Å². The Balaban J connectivity index is 1.36. The highest BCUT2D eigenvalue weighted by atomic mass is 16.5. The molecule has 2 aromatic rings. The number of aromatic nitrogens is 1. The molecule has 0 radical (unpaired) electrons. The number of amides is 1. The Kier molecular flexibility index (Phi) is 5.68. The largest absolute Gasteiger partial charge is 0.439 e. The number of piperazine rings is 1. The summed E-state index contributed by atoms with van der Waals surface area (Å²) in [4.78, 5) is 21.6. The highest BCUT2D eigenvalue weighted by Gasteiger charge is 2.27. The van der Waals surface area contributed by atoms with Gasteiger partial charge in [-0.15, -0.1) is 0 Å². The fourth-order valence-corrected chi connectivity index (χ4v) is 4.14. The van der Waals surface area contributed by atoms with E-state index in [4.69, 9.17) is 4.74 Å². The summed E-state index contributed by atoms with van der Waals surface area (Å²) in [6.45, 7) is 3.59.